The van der Waals surface area contributed by atoms with Gasteiger partial charge in [0.05, 0.1) is 23.4 Å². The minimum atomic E-state index is -0.898. The summed E-state index contributed by atoms with van der Waals surface area (Å²) >= 11 is 0. The number of rotatable bonds is 10. The number of carbonyl (C=O) groups is 3. The highest BCUT2D eigenvalue weighted by molar-refractivity contribution is 5.91. The Morgan fingerprint density at radius 3 is 2.60 bits per heavy atom. The van der Waals surface area contributed by atoms with Crippen LogP contribution in [0.15, 0.2) is 18.2 Å². The molecule has 3 amide bonds. The zero-order chi connectivity index (χ0) is 25.7. The maximum absolute atomic E-state index is 14.1. The molecule has 1 aromatic carbocycles. The third kappa shape index (κ3) is 6.38. The van der Waals surface area contributed by atoms with Crippen LogP contribution in [0.3, 0.4) is 0 Å². The molecule has 35 heavy (non-hydrogen) atoms. The molecule has 2 aromatic rings. The summed E-state index contributed by atoms with van der Waals surface area (Å²) in [5.74, 6) is -2.75. The first-order chi connectivity index (χ1) is 16.6. The number of imidazole rings is 1. The molecule has 1 fully saturated rings. The van der Waals surface area contributed by atoms with Crippen LogP contribution in [0.4, 0.5) is 4.39 Å². The second kappa shape index (κ2) is 11.6. The molecule has 192 valence electrons. The highest BCUT2D eigenvalue weighted by atomic mass is 19.1. The van der Waals surface area contributed by atoms with Gasteiger partial charge in [-0.05, 0) is 57.1 Å². The lowest BCUT2D eigenvalue weighted by Crippen LogP contribution is -2.48. The molecule has 4 atom stereocenters. The number of hydrogen-bond donors (Lipinski definition) is 3. The van der Waals surface area contributed by atoms with Crippen LogP contribution in [0.1, 0.15) is 78.1 Å². The second-order valence-corrected chi connectivity index (χ2v) is 10.1. The van der Waals surface area contributed by atoms with Crippen molar-refractivity contribution in [1.29, 1.82) is 0 Å². The van der Waals surface area contributed by atoms with Crippen LogP contribution >= 0.6 is 0 Å². The van der Waals surface area contributed by atoms with Crippen LogP contribution < -0.4 is 11.1 Å². The molecule has 1 saturated heterocycles. The van der Waals surface area contributed by atoms with Gasteiger partial charge in [-0.15, -0.1) is 0 Å². The van der Waals surface area contributed by atoms with E-state index in [1.54, 1.807) is 19.1 Å². The summed E-state index contributed by atoms with van der Waals surface area (Å²) in [6, 6.07) is 4.18. The van der Waals surface area contributed by atoms with E-state index in [0.29, 0.717) is 24.3 Å². The van der Waals surface area contributed by atoms with E-state index in [9.17, 15) is 18.8 Å². The molecular weight excluding hydrogens is 449 g/mol. The van der Waals surface area contributed by atoms with E-state index in [1.165, 1.54) is 6.07 Å². The van der Waals surface area contributed by atoms with Crippen molar-refractivity contribution in [2.75, 3.05) is 6.54 Å². The van der Waals surface area contributed by atoms with Crippen molar-refractivity contribution >= 4 is 28.8 Å². The Hall–Kier alpha value is -2.97. The first kappa shape index (κ1) is 26.6. The summed E-state index contributed by atoms with van der Waals surface area (Å²) in [5.41, 5.74) is 6.46. The number of halogens is 1. The number of fused-ring (bicyclic) bond motifs is 1. The fourth-order valence-corrected chi connectivity index (χ4v) is 5.07. The Balaban J connectivity index is 1.83. The quantitative estimate of drug-likeness (QED) is 0.472. The third-order valence-electron chi connectivity index (χ3n) is 6.98. The summed E-state index contributed by atoms with van der Waals surface area (Å²) in [7, 11) is 0. The Kier molecular flexibility index (Phi) is 8.86. The number of nitrogens with one attached hydrogen (secondary N) is 2. The van der Waals surface area contributed by atoms with Gasteiger partial charge in [-0.1, -0.05) is 26.8 Å². The molecule has 1 aliphatic heterocycles. The molecule has 0 radical (unpaired) electrons. The summed E-state index contributed by atoms with van der Waals surface area (Å²) in [4.78, 5) is 48.5. The monoisotopic (exact) mass is 487 g/mol. The zero-order valence-electron chi connectivity index (χ0n) is 21.1. The number of nitrogens with zero attached hydrogens (tertiary/aromatic N) is 2. The number of piperidine rings is 1. The lowest BCUT2D eigenvalue weighted by molar-refractivity contribution is -0.142. The van der Waals surface area contributed by atoms with Crippen molar-refractivity contribution in [2.24, 2.45) is 23.5 Å². The van der Waals surface area contributed by atoms with E-state index in [0.717, 1.165) is 25.7 Å². The molecule has 0 aliphatic carbocycles. The lowest BCUT2D eigenvalue weighted by Gasteiger charge is -2.37. The van der Waals surface area contributed by atoms with Crippen LogP contribution in [0, 0.1) is 23.6 Å². The number of likely N-dealkylation sites (tertiary alicyclic amines) is 1. The summed E-state index contributed by atoms with van der Waals surface area (Å²) < 4.78 is 14.1. The fourth-order valence-electron chi connectivity index (χ4n) is 5.07. The summed E-state index contributed by atoms with van der Waals surface area (Å²) in [6.45, 7) is 8.36. The number of primary amides is 1. The van der Waals surface area contributed by atoms with E-state index in [-0.39, 0.29) is 29.8 Å². The number of aromatic amines is 1. The van der Waals surface area contributed by atoms with E-state index in [1.807, 2.05) is 18.7 Å². The predicted molar refractivity (Wildman–Crippen MR) is 132 cm³/mol. The highest BCUT2D eigenvalue weighted by Gasteiger charge is 2.37. The van der Waals surface area contributed by atoms with Crippen molar-refractivity contribution < 1.29 is 18.8 Å². The molecular formula is C26H38FN5O3. The smallest absolute Gasteiger partial charge is 0.225 e. The number of para-hydroxylation sites is 1. The molecule has 1 aliphatic rings. The minimum absolute atomic E-state index is 0.0792. The molecule has 1 unspecified atom stereocenters. The van der Waals surface area contributed by atoms with Gasteiger partial charge in [0.15, 0.2) is 5.82 Å². The molecule has 3 rings (SSSR count). The number of nitrogens with two attached hydrogens (primary N) is 1. The van der Waals surface area contributed by atoms with Gasteiger partial charge >= 0.3 is 0 Å². The SMILES string of the molecule is CC[C@H]1CCCCN1C(=O)C[C@H](C(=O)N[C@@H](C)c1nc2c(F)cccc2[nH]1)C(CC(C)C)C(N)=O. The largest absolute Gasteiger partial charge is 0.369 e. The zero-order valence-corrected chi connectivity index (χ0v) is 21.1. The van der Waals surface area contributed by atoms with E-state index >= 15 is 0 Å². The average molecular weight is 488 g/mol. The molecule has 0 bridgehead atoms. The third-order valence-corrected chi connectivity index (χ3v) is 6.98. The Morgan fingerprint density at radius 1 is 1.23 bits per heavy atom. The predicted octanol–water partition coefficient (Wildman–Crippen LogP) is 3.82. The highest BCUT2D eigenvalue weighted by Crippen LogP contribution is 2.28. The molecule has 8 nitrogen and oxygen atoms in total. The first-order valence-corrected chi connectivity index (χ1v) is 12.7. The standard InChI is InChI=1S/C26H38FN5O3/c1-5-17-9-6-7-12-32(17)22(33)14-19(18(24(28)34)13-15(2)3)26(35)29-16(4)25-30-21-11-8-10-20(27)23(21)31-25/h8,10-11,15-19H,5-7,9,12-14H2,1-4H3,(H2,28,34)(H,29,35)(H,30,31)/t16-,17-,18?,19-/m0/s1. The number of carbonyl (C=O) groups excluding carboxylic acids is 3. The van der Waals surface area contributed by atoms with Gasteiger partial charge in [-0.2, -0.15) is 0 Å². The van der Waals surface area contributed by atoms with Crippen molar-refractivity contribution in [3.63, 3.8) is 0 Å². The van der Waals surface area contributed by atoms with Gasteiger partial charge in [-0.25, -0.2) is 9.37 Å². The number of H-pyrrole nitrogens is 1. The van der Waals surface area contributed by atoms with Gasteiger partial charge < -0.3 is 20.9 Å². The fraction of sp³-hybridized carbons (Fsp3) is 0.615. The van der Waals surface area contributed by atoms with Crippen LogP contribution in [0.25, 0.3) is 11.0 Å². The van der Waals surface area contributed by atoms with Crippen LogP contribution in [-0.4, -0.2) is 45.2 Å². The van der Waals surface area contributed by atoms with E-state index in [4.69, 9.17) is 5.73 Å². The molecule has 0 spiro atoms. The Bertz CT molecular complexity index is 1050. The Morgan fingerprint density at radius 2 is 1.97 bits per heavy atom. The van der Waals surface area contributed by atoms with Crippen LogP contribution in [0.5, 0.6) is 0 Å². The first-order valence-electron chi connectivity index (χ1n) is 12.7. The molecule has 0 saturated carbocycles. The topological polar surface area (TPSA) is 121 Å². The van der Waals surface area contributed by atoms with E-state index in [2.05, 4.69) is 22.2 Å². The maximum atomic E-state index is 14.1. The molecule has 2 heterocycles. The van der Waals surface area contributed by atoms with Gasteiger partial charge in [0.1, 0.15) is 11.3 Å². The van der Waals surface area contributed by atoms with Crippen molar-refractivity contribution in [1.82, 2.24) is 20.2 Å². The van der Waals surface area contributed by atoms with Gasteiger partial charge in [0.2, 0.25) is 17.7 Å². The van der Waals surface area contributed by atoms with Crippen molar-refractivity contribution in [2.45, 2.75) is 78.3 Å². The maximum Gasteiger partial charge on any atom is 0.225 e. The molecule has 9 heteroatoms. The Labute approximate surface area is 206 Å². The number of amides is 3. The summed E-state index contributed by atoms with van der Waals surface area (Å²) in [6.07, 6.45) is 4.15. The molecule has 1 aromatic heterocycles. The van der Waals surface area contributed by atoms with Crippen LogP contribution in [0.2, 0.25) is 0 Å². The number of benzene rings is 1. The van der Waals surface area contributed by atoms with Crippen molar-refractivity contribution in [3.05, 3.63) is 29.8 Å². The minimum Gasteiger partial charge on any atom is -0.369 e. The molecule has 4 N–H and O–H groups in total. The number of hydrogen-bond acceptors (Lipinski definition) is 4. The van der Waals surface area contributed by atoms with E-state index < -0.39 is 35.5 Å². The second-order valence-electron chi connectivity index (χ2n) is 10.1. The number of aromatic nitrogens is 2. The van der Waals surface area contributed by atoms with Gasteiger partial charge in [0.25, 0.3) is 0 Å². The van der Waals surface area contributed by atoms with Crippen molar-refractivity contribution in [3.8, 4) is 0 Å². The lowest BCUT2D eigenvalue weighted by atomic mass is 9.81. The summed E-state index contributed by atoms with van der Waals surface area (Å²) in [5, 5.41) is 2.89. The average Bonchev–Trinajstić information content (AvgIpc) is 3.26. The normalized spacial score (nSPS) is 18.9. The van der Waals surface area contributed by atoms with Gasteiger partial charge in [-0.3, -0.25) is 14.4 Å². The van der Waals surface area contributed by atoms with Gasteiger partial charge in [0, 0.05) is 19.0 Å². The van der Waals surface area contributed by atoms with Crippen LogP contribution in [-0.2, 0) is 14.4 Å².